The topological polar surface area (TPSA) is 90.4 Å². The molecule has 1 atom stereocenters. The molecule has 0 amide bonds. The minimum atomic E-state index is -0.466. The number of nitrogen functional groups attached to an aromatic ring is 1. The normalized spacial score (nSPS) is 11.7. The molecule has 0 heterocycles. The SMILES string of the molecule is COc1cc(NC(C)c2ccc(N)cc2)ccc1[N+](=O)[O-]. The molecule has 0 radical (unpaired) electrons. The number of nitrogens with one attached hydrogen (secondary N) is 1. The summed E-state index contributed by atoms with van der Waals surface area (Å²) in [5, 5.41) is 14.1. The molecule has 0 spiro atoms. The van der Waals surface area contributed by atoms with E-state index in [2.05, 4.69) is 5.32 Å². The van der Waals surface area contributed by atoms with E-state index in [-0.39, 0.29) is 17.5 Å². The lowest BCUT2D eigenvalue weighted by Crippen LogP contribution is -2.07. The van der Waals surface area contributed by atoms with Gasteiger partial charge in [0.05, 0.1) is 12.0 Å². The number of benzene rings is 2. The van der Waals surface area contributed by atoms with E-state index >= 15 is 0 Å². The van der Waals surface area contributed by atoms with Gasteiger partial charge in [-0.2, -0.15) is 0 Å². The highest BCUT2D eigenvalue weighted by Gasteiger charge is 2.15. The lowest BCUT2D eigenvalue weighted by atomic mass is 10.1. The molecule has 0 aliphatic carbocycles. The molecule has 6 nitrogen and oxygen atoms in total. The Kier molecular flexibility index (Phi) is 4.27. The quantitative estimate of drug-likeness (QED) is 0.500. The van der Waals surface area contributed by atoms with Gasteiger partial charge < -0.3 is 15.8 Å². The van der Waals surface area contributed by atoms with Crippen molar-refractivity contribution in [3.8, 4) is 5.75 Å². The summed E-state index contributed by atoms with van der Waals surface area (Å²) < 4.78 is 5.05. The van der Waals surface area contributed by atoms with Crippen LogP contribution in [0, 0.1) is 10.1 Å². The summed E-state index contributed by atoms with van der Waals surface area (Å²) in [6.07, 6.45) is 0. The molecule has 3 N–H and O–H groups in total. The first kappa shape index (κ1) is 14.6. The number of nitro groups is 1. The van der Waals surface area contributed by atoms with Crippen molar-refractivity contribution in [3.05, 3.63) is 58.1 Å². The standard InChI is InChI=1S/C15H17N3O3/c1-10(11-3-5-12(16)6-4-11)17-13-7-8-14(18(19)20)15(9-13)21-2/h3-10,17H,16H2,1-2H3. The van der Waals surface area contributed by atoms with Crippen LogP contribution >= 0.6 is 0 Å². The number of ether oxygens (including phenoxy) is 1. The zero-order chi connectivity index (χ0) is 15.4. The van der Waals surface area contributed by atoms with Crippen LogP contribution in [-0.4, -0.2) is 12.0 Å². The number of nitrogens with zero attached hydrogens (tertiary/aromatic N) is 1. The third kappa shape index (κ3) is 3.42. The maximum Gasteiger partial charge on any atom is 0.311 e. The molecule has 0 saturated heterocycles. The maximum absolute atomic E-state index is 10.9. The predicted molar refractivity (Wildman–Crippen MR) is 82.5 cm³/mol. The lowest BCUT2D eigenvalue weighted by Gasteiger charge is -2.16. The molecule has 2 aromatic rings. The molecular weight excluding hydrogens is 270 g/mol. The third-order valence-electron chi connectivity index (χ3n) is 3.20. The molecule has 110 valence electrons. The van der Waals surface area contributed by atoms with Gasteiger partial charge in [0, 0.05) is 29.5 Å². The highest BCUT2D eigenvalue weighted by Crippen LogP contribution is 2.31. The highest BCUT2D eigenvalue weighted by atomic mass is 16.6. The van der Waals surface area contributed by atoms with Gasteiger partial charge in [0.25, 0.3) is 0 Å². The fourth-order valence-corrected chi connectivity index (χ4v) is 2.04. The zero-order valence-electron chi connectivity index (χ0n) is 11.9. The van der Waals surface area contributed by atoms with E-state index in [0.29, 0.717) is 5.69 Å². The van der Waals surface area contributed by atoms with Crippen LogP contribution < -0.4 is 15.8 Å². The largest absolute Gasteiger partial charge is 0.490 e. The van der Waals surface area contributed by atoms with Crippen LogP contribution in [0.15, 0.2) is 42.5 Å². The van der Waals surface area contributed by atoms with Gasteiger partial charge in [-0.3, -0.25) is 10.1 Å². The summed E-state index contributed by atoms with van der Waals surface area (Å²) in [4.78, 5) is 10.4. The average Bonchev–Trinajstić information content (AvgIpc) is 2.47. The second-order valence-electron chi connectivity index (χ2n) is 4.68. The molecule has 2 rings (SSSR count). The minimum Gasteiger partial charge on any atom is -0.490 e. The van der Waals surface area contributed by atoms with Crippen molar-refractivity contribution in [2.24, 2.45) is 0 Å². The van der Waals surface area contributed by atoms with Crippen LogP contribution in [-0.2, 0) is 0 Å². The first-order valence-corrected chi connectivity index (χ1v) is 6.45. The first-order chi connectivity index (χ1) is 10.0. The number of nitrogens with two attached hydrogens (primary N) is 1. The van der Waals surface area contributed by atoms with Crippen LogP contribution in [0.4, 0.5) is 17.1 Å². The van der Waals surface area contributed by atoms with Crippen LogP contribution in [0.25, 0.3) is 0 Å². The van der Waals surface area contributed by atoms with Gasteiger partial charge in [0.15, 0.2) is 5.75 Å². The molecule has 0 aliphatic rings. The van der Waals surface area contributed by atoms with E-state index in [1.165, 1.54) is 13.2 Å². The number of nitro benzene ring substituents is 1. The molecule has 0 fully saturated rings. The van der Waals surface area contributed by atoms with Crippen LogP contribution in [0.2, 0.25) is 0 Å². The number of rotatable bonds is 5. The van der Waals surface area contributed by atoms with E-state index in [4.69, 9.17) is 10.5 Å². The Morgan fingerprint density at radius 1 is 1.24 bits per heavy atom. The second kappa shape index (κ2) is 6.13. The maximum atomic E-state index is 10.9. The number of hydrogen-bond donors (Lipinski definition) is 2. The third-order valence-corrected chi connectivity index (χ3v) is 3.20. The molecule has 2 aromatic carbocycles. The lowest BCUT2D eigenvalue weighted by molar-refractivity contribution is -0.385. The molecule has 0 aromatic heterocycles. The first-order valence-electron chi connectivity index (χ1n) is 6.45. The Bertz CT molecular complexity index is 641. The molecule has 0 aliphatic heterocycles. The van der Waals surface area contributed by atoms with Crippen molar-refractivity contribution < 1.29 is 9.66 Å². The van der Waals surface area contributed by atoms with Gasteiger partial charge in [-0.05, 0) is 30.7 Å². The number of methoxy groups -OCH3 is 1. The van der Waals surface area contributed by atoms with E-state index in [0.717, 1.165) is 11.3 Å². The fraction of sp³-hybridized carbons (Fsp3) is 0.200. The van der Waals surface area contributed by atoms with Gasteiger partial charge >= 0.3 is 5.69 Å². The van der Waals surface area contributed by atoms with Crippen molar-refractivity contribution in [3.63, 3.8) is 0 Å². The van der Waals surface area contributed by atoms with E-state index in [9.17, 15) is 10.1 Å². The van der Waals surface area contributed by atoms with Crippen LogP contribution in [0.3, 0.4) is 0 Å². The van der Waals surface area contributed by atoms with Crippen molar-refractivity contribution >= 4 is 17.1 Å². The van der Waals surface area contributed by atoms with E-state index < -0.39 is 4.92 Å². The zero-order valence-corrected chi connectivity index (χ0v) is 11.9. The van der Waals surface area contributed by atoms with Gasteiger partial charge in [-0.25, -0.2) is 0 Å². The van der Waals surface area contributed by atoms with Gasteiger partial charge in [0.1, 0.15) is 0 Å². The monoisotopic (exact) mass is 287 g/mol. The summed E-state index contributed by atoms with van der Waals surface area (Å²) in [6, 6.07) is 12.3. The Labute approximate surface area is 122 Å². The Morgan fingerprint density at radius 2 is 1.90 bits per heavy atom. The summed E-state index contributed by atoms with van der Waals surface area (Å²) in [7, 11) is 1.41. The second-order valence-corrected chi connectivity index (χ2v) is 4.68. The number of anilines is 2. The average molecular weight is 287 g/mol. The molecule has 6 heteroatoms. The summed E-state index contributed by atoms with van der Waals surface area (Å²) in [6.45, 7) is 2.00. The van der Waals surface area contributed by atoms with Crippen molar-refractivity contribution in [2.45, 2.75) is 13.0 Å². The molecule has 21 heavy (non-hydrogen) atoms. The minimum absolute atomic E-state index is 0.0387. The van der Waals surface area contributed by atoms with E-state index in [1.807, 2.05) is 31.2 Å². The van der Waals surface area contributed by atoms with Crippen molar-refractivity contribution in [1.29, 1.82) is 0 Å². The molecule has 0 saturated carbocycles. The van der Waals surface area contributed by atoms with Crippen molar-refractivity contribution in [2.75, 3.05) is 18.2 Å². The van der Waals surface area contributed by atoms with Gasteiger partial charge in [-0.1, -0.05) is 12.1 Å². The van der Waals surface area contributed by atoms with Gasteiger partial charge in [-0.15, -0.1) is 0 Å². The Balaban J connectivity index is 2.19. The van der Waals surface area contributed by atoms with Crippen LogP contribution in [0.1, 0.15) is 18.5 Å². The smallest absolute Gasteiger partial charge is 0.311 e. The van der Waals surface area contributed by atoms with Crippen molar-refractivity contribution in [1.82, 2.24) is 0 Å². The summed E-state index contributed by atoms with van der Waals surface area (Å²) in [5.74, 6) is 0.231. The van der Waals surface area contributed by atoms with E-state index in [1.54, 1.807) is 12.1 Å². The predicted octanol–water partition coefficient (Wildman–Crippen LogP) is 3.36. The summed E-state index contributed by atoms with van der Waals surface area (Å²) >= 11 is 0. The highest BCUT2D eigenvalue weighted by molar-refractivity contribution is 5.58. The Hall–Kier alpha value is -2.76. The molecular formula is C15H17N3O3. The molecule has 1 unspecified atom stereocenters. The molecule has 0 bridgehead atoms. The summed E-state index contributed by atoms with van der Waals surface area (Å²) in [5.41, 5.74) is 8.14. The fourth-order valence-electron chi connectivity index (χ4n) is 2.04. The van der Waals surface area contributed by atoms with Gasteiger partial charge in [0.2, 0.25) is 0 Å². The Morgan fingerprint density at radius 3 is 2.48 bits per heavy atom. The van der Waals surface area contributed by atoms with Crippen LogP contribution in [0.5, 0.6) is 5.75 Å². The number of hydrogen-bond acceptors (Lipinski definition) is 5.